The molecular weight excluding hydrogens is 387 g/mol. The fourth-order valence-corrected chi connectivity index (χ4v) is 4.05. The maximum absolute atomic E-state index is 13.5. The smallest absolute Gasteiger partial charge is 0.213 e. The van der Waals surface area contributed by atoms with Crippen LogP contribution >= 0.6 is 23.4 Å². The van der Waals surface area contributed by atoms with Gasteiger partial charge in [-0.15, -0.1) is 0 Å². The van der Waals surface area contributed by atoms with E-state index in [1.807, 2.05) is 18.5 Å². The van der Waals surface area contributed by atoms with Crippen molar-refractivity contribution in [1.82, 2.24) is 14.5 Å². The van der Waals surface area contributed by atoms with Gasteiger partial charge in [-0.25, -0.2) is 14.4 Å². The fraction of sp³-hybridized carbons (Fsp3) is 0.263. The summed E-state index contributed by atoms with van der Waals surface area (Å²) in [5, 5.41) is 2.26. The highest BCUT2D eigenvalue weighted by Gasteiger charge is 2.31. The second kappa shape index (κ2) is 7.40. The van der Waals surface area contributed by atoms with Gasteiger partial charge in [-0.3, -0.25) is 0 Å². The van der Waals surface area contributed by atoms with E-state index in [-0.39, 0.29) is 11.9 Å². The van der Waals surface area contributed by atoms with Crippen LogP contribution in [-0.4, -0.2) is 46.1 Å². The first-order valence-electron chi connectivity index (χ1n) is 8.42. The molecule has 0 spiro atoms. The highest BCUT2D eigenvalue weighted by atomic mass is 35.5. The summed E-state index contributed by atoms with van der Waals surface area (Å²) < 4.78 is 20.7. The van der Waals surface area contributed by atoms with Crippen LogP contribution in [0.25, 0.3) is 10.9 Å². The van der Waals surface area contributed by atoms with E-state index in [0.717, 1.165) is 34.8 Å². The normalized spacial score (nSPS) is 15.3. The van der Waals surface area contributed by atoms with E-state index in [9.17, 15) is 4.39 Å². The molecule has 4 rings (SSSR count). The van der Waals surface area contributed by atoms with E-state index >= 15 is 0 Å². The van der Waals surface area contributed by atoms with Gasteiger partial charge in [0.1, 0.15) is 5.82 Å². The molecular formula is C19H18ClFN4OS. The lowest BCUT2D eigenvalue weighted by Crippen LogP contribution is -2.49. The molecule has 140 valence electrons. The summed E-state index contributed by atoms with van der Waals surface area (Å²) in [5.74, 6) is 0.291. The van der Waals surface area contributed by atoms with Crippen LogP contribution in [0.5, 0.6) is 5.88 Å². The Bertz CT molecular complexity index is 999. The van der Waals surface area contributed by atoms with E-state index in [1.165, 1.54) is 12.1 Å². The second-order valence-corrected chi connectivity index (χ2v) is 7.44. The van der Waals surface area contributed by atoms with Crippen LogP contribution in [-0.2, 0) is 0 Å². The predicted molar refractivity (Wildman–Crippen MR) is 109 cm³/mol. The molecule has 3 heterocycles. The van der Waals surface area contributed by atoms with Crippen molar-refractivity contribution in [1.29, 1.82) is 0 Å². The number of aliphatic imine (C=N–C) groups is 1. The van der Waals surface area contributed by atoms with Crippen molar-refractivity contribution < 1.29 is 9.13 Å². The Kier molecular flexibility index (Phi) is 4.97. The number of amidine groups is 1. The van der Waals surface area contributed by atoms with Gasteiger partial charge < -0.3 is 14.2 Å². The zero-order valence-corrected chi connectivity index (χ0v) is 16.5. The monoisotopic (exact) mass is 404 g/mol. The molecule has 27 heavy (non-hydrogen) atoms. The number of ether oxygens (including phenoxy) is 1. The lowest BCUT2D eigenvalue weighted by molar-refractivity contribution is 0.201. The van der Waals surface area contributed by atoms with Gasteiger partial charge in [-0.1, -0.05) is 23.4 Å². The minimum Gasteiger partial charge on any atom is -0.481 e. The Balaban J connectivity index is 1.51. The Morgan fingerprint density at radius 1 is 1.33 bits per heavy atom. The summed E-state index contributed by atoms with van der Waals surface area (Å²) in [4.78, 5) is 11.1. The Hall–Kier alpha value is -2.25. The maximum Gasteiger partial charge on any atom is 0.213 e. The third-order valence-electron chi connectivity index (χ3n) is 4.61. The minimum atomic E-state index is -0.276. The summed E-state index contributed by atoms with van der Waals surface area (Å²) in [6.45, 7) is 1.64. The fourth-order valence-electron chi connectivity index (χ4n) is 3.19. The quantitative estimate of drug-likeness (QED) is 0.467. The number of hydrogen-bond donors (Lipinski definition) is 0. The zero-order chi connectivity index (χ0) is 19.0. The molecule has 0 atom stereocenters. The minimum absolute atomic E-state index is 0.275. The zero-order valence-electron chi connectivity index (χ0n) is 14.9. The van der Waals surface area contributed by atoms with Gasteiger partial charge in [0.25, 0.3) is 0 Å². The van der Waals surface area contributed by atoms with Crippen molar-refractivity contribution in [2.75, 3.05) is 26.5 Å². The lowest BCUT2D eigenvalue weighted by Gasteiger charge is -2.41. The largest absolute Gasteiger partial charge is 0.481 e. The Labute approximate surface area is 165 Å². The van der Waals surface area contributed by atoms with Crippen LogP contribution in [0.4, 0.5) is 10.1 Å². The first-order valence-corrected chi connectivity index (χ1v) is 10.0. The van der Waals surface area contributed by atoms with Crippen molar-refractivity contribution in [2.24, 2.45) is 4.99 Å². The SMILES string of the molecule is COc1ccc(/N=C(/SC)N2CC(n3cc(Cl)c4cc(F)ccc43)C2)cn1. The molecule has 5 nitrogen and oxygen atoms in total. The number of thioether (sulfide) groups is 1. The maximum atomic E-state index is 13.5. The molecule has 1 saturated heterocycles. The standard InChI is InChI=1S/C19H18ClFN4OS/c1-26-18-6-4-13(8-22-18)23-19(27-2)24-9-14(10-24)25-11-16(20)15-7-12(21)3-5-17(15)25/h3-8,11,14H,9-10H2,1-2H3/b23-19+. The van der Waals surface area contributed by atoms with Gasteiger partial charge in [0.05, 0.1) is 35.6 Å². The predicted octanol–water partition coefficient (Wildman–Crippen LogP) is 4.74. The van der Waals surface area contributed by atoms with Crippen LogP contribution in [0.2, 0.25) is 5.02 Å². The number of nitrogens with zero attached hydrogens (tertiary/aromatic N) is 4. The van der Waals surface area contributed by atoms with Gasteiger partial charge in [0, 0.05) is 30.7 Å². The summed E-state index contributed by atoms with van der Waals surface area (Å²) >= 11 is 7.89. The lowest BCUT2D eigenvalue weighted by atomic mass is 10.1. The number of aromatic nitrogens is 2. The molecule has 8 heteroatoms. The van der Waals surface area contributed by atoms with Gasteiger partial charge >= 0.3 is 0 Å². The molecule has 0 saturated carbocycles. The third-order valence-corrected chi connectivity index (χ3v) is 5.63. The highest BCUT2D eigenvalue weighted by molar-refractivity contribution is 8.13. The number of halogens is 2. The van der Waals surface area contributed by atoms with E-state index < -0.39 is 0 Å². The second-order valence-electron chi connectivity index (χ2n) is 6.26. The molecule has 2 aromatic heterocycles. The third kappa shape index (κ3) is 3.49. The molecule has 1 aromatic carbocycles. The van der Waals surface area contributed by atoms with E-state index in [1.54, 1.807) is 37.2 Å². The van der Waals surface area contributed by atoms with Crippen molar-refractivity contribution in [2.45, 2.75) is 6.04 Å². The molecule has 0 bridgehead atoms. The molecule has 1 aliphatic heterocycles. The molecule has 3 aromatic rings. The van der Waals surface area contributed by atoms with Crippen molar-refractivity contribution in [3.8, 4) is 5.88 Å². The van der Waals surface area contributed by atoms with E-state index in [2.05, 4.69) is 19.4 Å². The van der Waals surface area contributed by atoms with Gasteiger partial charge in [0.15, 0.2) is 5.17 Å². The number of hydrogen-bond acceptors (Lipinski definition) is 4. The van der Waals surface area contributed by atoms with Crippen molar-refractivity contribution in [3.63, 3.8) is 0 Å². The summed E-state index contributed by atoms with van der Waals surface area (Å²) in [7, 11) is 1.59. The molecule has 1 aliphatic rings. The van der Waals surface area contributed by atoms with E-state index in [4.69, 9.17) is 16.3 Å². The Morgan fingerprint density at radius 3 is 2.81 bits per heavy atom. The summed E-state index contributed by atoms with van der Waals surface area (Å²) in [6.07, 6.45) is 5.59. The molecule has 0 unspecified atom stereocenters. The van der Waals surface area contributed by atoms with Crippen LogP contribution in [0.3, 0.4) is 0 Å². The van der Waals surface area contributed by atoms with Gasteiger partial charge in [-0.05, 0) is 30.5 Å². The highest BCUT2D eigenvalue weighted by Crippen LogP contribution is 2.34. The molecule has 0 amide bonds. The van der Waals surface area contributed by atoms with Crippen molar-refractivity contribution in [3.05, 3.63) is 53.6 Å². The van der Waals surface area contributed by atoms with Gasteiger partial charge in [-0.2, -0.15) is 0 Å². The first kappa shape index (κ1) is 18.1. The first-order chi connectivity index (χ1) is 13.1. The molecule has 0 N–H and O–H groups in total. The number of fused-ring (bicyclic) bond motifs is 1. The molecule has 1 fully saturated rings. The van der Waals surface area contributed by atoms with Crippen LogP contribution in [0.15, 0.2) is 47.7 Å². The Morgan fingerprint density at radius 2 is 2.15 bits per heavy atom. The number of pyridine rings is 1. The summed E-state index contributed by atoms with van der Waals surface area (Å²) in [6, 6.07) is 8.69. The number of rotatable bonds is 3. The topological polar surface area (TPSA) is 42.6 Å². The van der Waals surface area contributed by atoms with E-state index in [0.29, 0.717) is 10.9 Å². The number of benzene rings is 1. The van der Waals surface area contributed by atoms with Crippen LogP contribution < -0.4 is 4.74 Å². The number of likely N-dealkylation sites (tertiary alicyclic amines) is 1. The van der Waals surface area contributed by atoms with Crippen LogP contribution in [0.1, 0.15) is 6.04 Å². The van der Waals surface area contributed by atoms with Crippen LogP contribution in [0, 0.1) is 5.82 Å². The van der Waals surface area contributed by atoms with Gasteiger partial charge in [0.2, 0.25) is 5.88 Å². The number of methoxy groups -OCH3 is 1. The molecule has 0 aliphatic carbocycles. The average Bonchev–Trinajstić information content (AvgIpc) is 2.96. The van der Waals surface area contributed by atoms with Crippen molar-refractivity contribution >= 4 is 45.1 Å². The summed E-state index contributed by atoms with van der Waals surface area (Å²) in [5.41, 5.74) is 1.74. The molecule has 0 radical (unpaired) electrons. The average molecular weight is 405 g/mol.